The van der Waals surface area contributed by atoms with Gasteiger partial charge in [0.25, 0.3) is 17.7 Å². The molecule has 2 aromatic rings. The van der Waals surface area contributed by atoms with Gasteiger partial charge in [0.15, 0.2) is 6.61 Å². The van der Waals surface area contributed by atoms with Gasteiger partial charge in [-0.1, -0.05) is 30.3 Å². The second kappa shape index (κ2) is 10.3. The Morgan fingerprint density at radius 2 is 1.52 bits per heavy atom. The highest BCUT2D eigenvalue weighted by Gasteiger charge is 2.34. The van der Waals surface area contributed by atoms with Crippen molar-refractivity contribution in [2.24, 2.45) is 0 Å². The van der Waals surface area contributed by atoms with E-state index >= 15 is 0 Å². The molecule has 2 heterocycles. The summed E-state index contributed by atoms with van der Waals surface area (Å²) in [5.74, 6) is -0.115. The monoisotopic (exact) mass is 449 g/mol. The summed E-state index contributed by atoms with van der Waals surface area (Å²) in [5, 5.41) is 3.00. The van der Waals surface area contributed by atoms with Crippen LogP contribution in [0.2, 0.25) is 0 Å². The van der Waals surface area contributed by atoms with Crippen molar-refractivity contribution in [1.82, 2.24) is 15.1 Å². The van der Waals surface area contributed by atoms with Crippen LogP contribution in [-0.2, 0) is 9.59 Å². The maximum absolute atomic E-state index is 12.4. The number of likely N-dealkylation sites (tertiary alicyclic amines) is 1. The van der Waals surface area contributed by atoms with Crippen molar-refractivity contribution in [1.29, 1.82) is 0 Å². The summed E-state index contributed by atoms with van der Waals surface area (Å²) < 4.78 is 5.52. The summed E-state index contributed by atoms with van der Waals surface area (Å²) in [7, 11) is 0. The number of rotatable bonds is 8. The summed E-state index contributed by atoms with van der Waals surface area (Å²) >= 11 is 0. The van der Waals surface area contributed by atoms with E-state index in [-0.39, 0.29) is 49.2 Å². The summed E-state index contributed by atoms with van der Waals surface area (Å²) in [4.78, 5) is 52.4. The lowest BCUT2D eigenvalue weighted by Gasteiger charge is -2.32. The van der Waals surface area contributed by atoms with E-state index in [1.165, 1.54) is 4.90 Å². The smallest absolute Gasteiger partial charge is 0.261 e. The zero-order valence-electron chi connectivity index (χ0n) is 18.4. The summed E-state index contributed by atoms with van der Waals surface area (Å²) in [6.07, 6.45) is 2.01. The van der Waals surface area contributed by atoms with Crippen molar-refractivity contribution < 1.29 is 23.9 Å². The first kappa shape index (κ1) is 22.5. The second-order valence-corrected chi connectivity index (χ2v) is 8.24. The molecule has 1 saturated heterocycles. The average molecular weight is 450 g/mol. The van der Waals surface area contributed by atoms with Gasteiger partial charge < -0.3 is 15.0 Å². The van der Waals surface area contributed by atoms with Crippen molar-refractivity contribution in [3.63, 3.8) is 0 Å². The first-order valence-corrected chi connectivity index (χ1v) is 11.2. The first-order chi connectivity index (χ1) is 16.0. The SMILES string of the molecule is O=C(CCCN1C(=O)c2ccccc2C1=O)NC1CCN(C(=O)COc2ccccc2)CC1. The van der Waals surface area contributed by atoms with Gasteiger partial charge >= 0.3 is 0 Å². The van der Waals surface area contributed by atoms with Crippen molar-refractivity contribution in [2.45, 2.75) is 31.7 Å². The van der Waals surface area contributed by atoms with Crippen LogP contribution >= 0.6 is 0 Å². The summed E-state index contributed by atoms with van der Waals surface area (Å²) in [5.41, 5.74) is 0.838. The van der Waals surface area contributed by atoms with E-state index in [9.17, 15) is 19.2 Å². The first-order valence-electron chi connectivity index (χ1n) is 11.2. The molecule has 0 aliphatic carbocycles. The molecule has 33 heavy (non-hydrogen) atoms. The van der Waals surface area contributed by atoms with E-state index in [4.69, 9.17) is 4.74 Å². The predicted octanol–water partition coefficient (Wildman–Crippen LogP) is 2.25. The second-order valence-electron chi connectivity index (χ2n) is 8.24. The number of ether oxygens (including phenoxy) is 1. The van der Waals surface area contributed by atoms with Crippen LogP contribution in [0.3, 0.4) is 0 Å². The number of amides is 4. The minimum absolute atomic E-state index is 0.00114. The number of benzene rings is 2. The molecule has 0 bridgehead atoms. The summed E-state index contributed by atoms with van der Waals surface area (Å²) in [6, 6.07) is 16.0. The van der Waals surface area contributed by atoms with Gasteiger partial charge in [-0.05, 0) is 43.5 Å². The normalized spacial score (nSPS) is 16.0. The minimum atomic E-state index is -0.302. The van der Waals surface area contributed by atoms with E-state index in [1.807, 2.05) is 30.3 Å². The van der Waals surface area contributed by atoms with Gasteiger partial charge in [-0.2, -0.15) is 0 Å². The van der Waals surface area contributed by atoms with E-state index in [2.05, 4.69) is 5.32 Å². The van der Waals surface area contributed by atoms with Gasteiger partial charge in [0, 0.05) is 32.1 Å². The number of nitrogens with zero attached hydrogens (tertiary/aromatic N) is 2. The topological polar surface area (TPSA) is 96.0 Å². The zero-order valence-corrected chi connectivity index (χ0v) is 18.4. The average Bonchev–Trinajstić information content (AvgIpc) is 3.08. The van der Waals surface area contributed by atoms with Crippen molar-refractivity contribution >= 4 is 23.6 Å². The Labute approximate surface area is 192 Å². The molecule has 1 N–H and O–H groups in total. The Balaban J connectivity index is 1.14. The molecule has 2 aliphatic heterocycles. The number of hydrogen-bond acceptors (Lipinski definition) is 5. The van der Waals surface area contributed by atoms with E-state index < -0.39 is 0 Å². The maximum atomic E-state index is 12.4. The van der Waals surface area contributed by atoms with Crippen LogP contribution in [0.5, 0.6) is 5.75 Å². The number of fused-ring (bicyclic) bond motifs is 1. The van der Waals surface area contributed by atoms with E-state index in [0.717, 1.165) is 0 Å². The molecule has 0 spiro atoms. The Morgan fingerprint density at radius 1 is 0.909 bits per heavy atom. The van der Waals surface area contributed by atoms with Crippen LogP contribution in [0.25, 0.3) is 0 Å². The number of carbonyl (C=O) groups excluding carboxylic acids is 4. The molecule has 0 radical (unpaired) electrons. The number of nitrogens with one attached hydrogen (secondary N) is 1. The summed E-state index contributed by atoms with van der Waals surface area (Å²) in [6.45, 7) is 1.35. The highest BCUT2D eigenvalue weighted by atomic mass is 16.5. The third-order valence-electron chi connectivity index (χ3n) is 5.98. The fourth-order valence-corrected chi connectivity index (χ4v) is 4.17. The quantitative estimate of drug-likeness (QED) is 0.624. The molecular weight excluding hydrogens is 422 g/mol. The number of carbonyl (C=O) groups is 4. The molecule has 8 heteroatoms. The molecule has 0 saturated carbocycles. The maximum Gasteiger partial charge on any atom is 0.261 e. The fraction of sp³-hybridized carbons (Fsp3) is 0.360. The van der Waals surface area contributed by atoms with E-state index in [1.54, 1.807) is 29.2 Å². The Bertz CT molecular complexity index is 996. The van der Waals surface area contributed by atoms with Crippen LogP contribution < -0.4 is 10.1 Å². The van der Waals surface area contributed by atoms with Gasteiger partial charge in [-0.15, -0.1) is 0 Å². The number of hydrogen-bond donors (Lipinski definition) is 1. The molecule has 1 fully saturated rings. The van der Waals surface area contributed by atoms with Crippen LogP contribution in [0, 0.1) is 0 Å². The molecule has 4 amide bonds. The molecule has 2 aliphatic rings. The Morgan fingerprint density at radius 3 is 2.15 bits per heavy atom. The van der Waals surface area contributed by atoms with Gasteiger partial charge in [0.1, 0.15) is 5.75 Å². The standard InChI is InChI=1S/C25H27N3O5/c29-22(11-6-14-28-24(31)20-9-4-5-10-21(20)25(28)32)26-18-12-15-27(16-13-18)23(30)17-33-19-7-2-1-3-8-19/h1-5,7-10,18H,6,11-17H2,(H,26,29). The van der Waals surface area contributed by atoms with Crippen LogP contribution in [-0.4, -0.2) is 65.7 Å². The largest absolute Gasteiger partial charge is 0.484 e. The fourth-order valence-electron chi connectivity index (χ4n) is 4.17. The van der Waals surface area contributed by atoms with Crippen LogP contribution in [0.15, 0.2) is 54.6 Å². The highest BCUT2D eigenvalue weighted by Crippen LogP contribution is 2.22. The third kappa shape index (κ3) is 5.39. The zero-order chi connectivity index (χ0) is 23.2. The molecular formula is C25H27N3O5. The Hall–Kier alpha value is -3.68. The number of imide groups is 1. The van der Waals surface area contributed by atoms with Crippen molar-refractivity contribution in [3.05, 3.63) is 65.7 Å². The van der Waals surface area contributed by atoms with Crippen LogP contribution in [0.4, 0.5) is 0 Å². The predicted molar refractivity (Wildman–Crippen MR) is 121 cm³/mol. The molecule has 172 valence electrons. The molecule has 0 unspecified atom stereocenters. The molecule has 0 atom stereocenters. The van der Waals surface area contributed by atoms with Gasteiger partial charge in [-0.3, -0.25) is 24.1 Å². The van der Waals surface area contributed by atoms with E-state index in [0.29, 0.717) is 49.2 Å². The number of piperidine rings is 1. The van der Waals surface area contributed by atoms with Crippen LogP contribution in [0.1, 0.15) is 46.4 Å². The molecule has 2 aromatic carbocycles. The Kier molecular flexibility index (Phi) is 7.02. The van der Waals surface area contributed by atoms with Crippen molar-refractivity contribution in [3.8, 4) is 5.75 Å². The number of para-hydroxylation sites is 1. The lowest BCUT2D eigenvalue weighted by atomic mass is 10.0. The molecule has 8 nitrogen and oxygen atoms in total. The molecule has 4 rings (SSSR count). The highest BCUT2D eigenvalue weighted by molar-refractivity contribution is 6.21. The van der Waals surface area contributed by atoms with Gasteiger partial charge in [-0.25, -0.2) is 0 Å². The third-order valence-corrected chi connectivity index (χ3v) is 5.98. The lowest BCUT2D eigenvalue weighted by Crippen LogP contribution is -2.47. The lowest BCUT2D eigenvalue weighted by molar-refractivity contribution is -0.134. The van der Waals surface area contributed by atoms with Gasteiger partial charge in [0.05, 0.1) is 11.1 Å². The van der Waals surface area contributed by atoms with Crippen molar-refractivity contribution in [2.75, 3.05) is 26.2 Å². The molecule has 0 aromatic heterocycles. The minimum Gasteiger partial charge on any atom is -0.484 e. The van der Waals surface area contributed by atoms with Gasteiger partial charge in [0.2, 0.25) is 5.91 Å².